The largest absolute Gasteiger partial charge is 0.481 e. The number of allylic oxidation sites excluding steroid dienone is 1. The molecule has 2 N–H and O–H groups in total. The van der Waals surface area contributed by atoms with Gasteiger partial charge in [0.05, 0.1) is 6.10 Å². The van der Waals surface area contributed by atoms with Crippen molar-refractivity contribution < 1.29 is 19.8 Å². The summed E-state index contributed by atoms with van der Waals surface area (Å²) in [7, 11) is 0. The van der Waals surface area contributed by atoms with Gasteiger partial charge < -0.3 is 10.2 Å². The van der Waals surface area contributed by atoms with Crippen molar-refractivity contribution in [1.29, 1.82) is 0 Å². The number of aliphatic hydroxyl groups is 1. The van der Waals surface area contributed by atoms with Gasteiger partial charge in [-0.05, 0) is 31.6 Å². The minimum absolute atomic E-state index is 0.0499. The summed E-state index contributed by atoms with van der Waals surface area (Å²) in [5.41, 5.74) is 0. The Morgan fingerprint density at radius 1 is 1.33 bits per heavy atom. The Morgan fingerprint density at radius 3 is 2.83 bits per heavy atom. The van der Waals surface area contributed by atoms with Gasteiger partial charge in [0.25, 0.3) is 0 Å². The Morgan fingerprint density at radius 2 is 2.12 bits per heavy atom. The van der Waals surface area contributed by atoms with E-state index in [-0.39, 0.29) is 24.0 Å². The molecule has 0 radical (unpaired) electrons. The van der Waals surface area contributed by atoms with Crippen LogP contribution in [0, 0.1) is 23.7 Å². The van der Waals surface area contributed by atoms with Crippen molar-refractivity contribution in [1.82, 2.24) is 0 Å². The van der Waals surface area contributed by atoms with Crippen LogP contribution in [-0.4, -0.2) is 28.1 Å². The summed E-state index contributed by atoms with van der Waals surface area (Å²) in [6.07, 6.45) is 10.6. The lowest BCUT2D eigenvalue weighted by Crippen LogP contribution is -2.13. The maximum Gasteiger partial charge on any atom is 0.303 e. The van der Waals surface area contributed by atoms with E-state index >= 15 is 0 Å². The fourth-order valence-electron chi connectivity index (χ4n) is 2.97. The van der Waals surface area contributed by atoms with E-state index < -0.39 is 12.1 Å². The highest BCUT2D eigenvalue weighted by atomic mass is 16.4. The summed E-state index contributed by atoms with van der Waals surface area (Å²) in [5, 5.41) is 18.4. The average molecular weight is 334 g/mol. The number of unbranched alkanes of at least 4 members (excludes halogenated alkanes) is 3. The van der Waals surface area contributed by atoms with Crippen LogP contribution in [0.4, 0.5) is 0 Å². The van der Waals surface area contributed by atoms with Crippen LogP contribution in [-0.2, 0) is 9.59 Å². The first-order chi connectivity index (χ1) is 11.5. The molecule has 0 aromatic rings. The van der Waals surface area contributed by atoms with Crippen LogP contribution < -0.4 is 0 Å². The molecule has 0 aromatic heterocycles. The highest BCUT2D eigenvalue weighted by molar-refractivity contribution is 5.84. The topological polar surface area (TPSA) is 74.6 Å². The highest BCUT2D eigenvalue weighted by Gasteiger charge is 2.32. The minimum Gasteiger partial charge on any atom is -0.481 e. The first-order valence-corrected chi connectivity index (χ1v) is 9.11. The van der Waals surface area contributed by atoms with E-state index in [2.05, 4.69) is 18.8 Å². The summed E-state index contributed by atoms with van der Waals surface area (Å²) < 4.78 is 0. The number of carbonyl (C=O) groups excluding carboxylic acids is 1. The zero-order chi connectivity index (χ0) is 17.8. The van der Waals surface area contributed by atoms with Crippen LogP contribution in [0.3, 0.4) is 0 Å². The molecule has 3 unspecified atom stereocenters. The van der Waals surface area contributed by atoms with Crippen LogP contribution in [0.15, 0.2) is 12.2 Å². The second-order valence-corrected chi connectivity index (χ2v) is 6.53. The van der Waals surface area contributed by atoms with Crippen LogP contribution in [0.1, 0.15) is 71.1 Å². The number of carboxylic acids is 1. The van der Waals surface area contributed by atoms with Gasteiger partial charge in [-0.3, -0.25) is 9.59 Å². The Bertz CT molecular complexity index is 484. The molecule has 0 amide bonds. The number of carbonyl (C=O) groups is 2. The molecule has 24 heavy (non-hydrogen) atoms. The molecule has 3 atom stereocenters. The number of hydrogen-bond acceptors (Lipinski definition) is 3. The molecule has 0 spiro atoms. The molecular weight excluding hydrogens is 304 g/mol. The maximum atomic E-state index is 12.0. The van der Waals surface area contributed by atoms with Gasteiger partial charge in [0.2, 0.25) is 0 Å². The van der Waals surface area contributed by atoms with Gasteiger partial charge in [-0.15, -0.1) is 11.8 Å². The summed E-state index contributed by atoms with van der Waals surface area (Å²) in [4.78, 5) is 22.4. The Balaban J connectivity index is 2.37. The Labute approximate surface area is 145 Å². The first kappa shape index (κ1) is 20.4. The van der Waals surface area contributed by atoms with Crippen molar-refractivity contribution >= 4 is 11.8 Å². The predicted molar refractivity (Wildman–Crippen MR) is 94.4 cm³/mol. The number of aliphatic hydroxyl groups excluding tert-OH is 1. The molecular formula is C20H30O4. The third kappa shape index (κ3) is 8.31. The molecule has 0 aromatic carbocycles. The van der Waals surface area contributed by atoms with E-state index in [0.29, 0.717) is 25.7 Å². The van der Waals surface area contributed by atoms with Crippen molar-refractivity contribution in [3.63, 3.8) is 0 Å². The summed E-state index contributed by atoms with van der Waals surface area (Å²) in [6, 6.07) is 0. The number of carboxylic acid groups (broad SMARTS) is 1. The van der Waals surface area contributed by atoms with E-state index in [1.54, 1.807) is 0 Å². The van der Waals surface area contributed by atoms with E-state index in [9.17, 15) is 14.7 Å². The van der Waals surface area contributed by atoms with E-state index in [0.717, 1.165) is 32.1 Å². The van der Waals surface area contributed by atoms with Gasteiger partial charge in [0.15, 0.2) is 0 Å². The third-order valence-electron chi connectivity index (χ3n) is 4.48. The normalized spacial score (nSPS) is 21.7. The van der Waals surface area contributed by atoms with Gasteiger partial charge in [0.1, 0.15) is 5.78 Å². The number of rotatable bonds is 10. The zero-order valence-electron chi connectivity index (χ0n) is 14.7. The van der Waals surface area contributed by atoms with Gasteiger partial charge in [-0.2, -0.15) is 0 Å². The fourth-order valence-corrected chi connectivity index (χ4v) is 2.97. The van der Waals surface area contributed by atoms with Gasteiger partial charge >= 0.3 is 5.97 Å². The molecule has 1 fully saturated rings. The van der Waals surface area contributed by atoms with Gasteiger partial charge in [-0.25, -0.2) is 0 Å². The lowest BCUT2D eigenvalue weighted by Gasteiger charge is -2.12. The first-order valence-electron chi connectivity index (χ1n) is 9.11. The SMILES string of the molecule is CCCCC(O)C=CC1CCC(=O)C1CC#CCCCCC(=O)O. The van der Waals surface area contributed by atoms with Crippen molar-refractivity contribution in [3.8, 4) is 11.8 Å². The Kier molecular flexibility index (Phi) is 10.1. The van der Waals surface area contributed by atoms with Crippen molar-refractivity contribution in [2.75, 3.05) is 0 Å². The molecule has 134 valence electrons. The van der Waals surface area contributed by atoms with E-state index in [1.165, 1.54) is 0 Å². The van der Waals surface area contributed by atoms with E-state index in [4.69, 9.17) is 5.11 Å². The second-order valence-electron chi connectivity index (χ2n) is 6.53. The summed E-state index contributed by atoms with van der Waals surface area (Å²) in [6.45, 7) is 2.10. The molecule has 4 nitrogen and oxygen atoms in total. The van der Waals surface area contributed by atoms with E-state index in [1.807, 2.05) is 12.2 Å². The van der Waals surface area contributed by atoms with Crippen LogP contribution in [0.25, 0.3) is 0 Å². The highest BCUT2D eigenvalue weighted by Crippen LogP contribution is 2.32. The summed E-state index contributed by atoms with van der Waals surface area (Å²) in [5.74, 6) is 5.78. The number of hydrogen-bond donors (Lipinski definition) is 2. The predicted octanol–water partition coefficient (Wildman–Crippen LogP) is 3.73. The summed E-state index contributed by atoms with van der Waals surface area (Å²) >= 11 is 0. The number of aliphatic carboxylic acids is 1. The molecule has 1 rings (SSSR count). The molecule has 4 heteroatoms. The molecule has 0 saturated heterocycles. The average Bonchev–Trinajstić information content (AvgIpc) is 2.90. The van der Waals surface area contributed by atoms with Crippen molar-refractivity contribution in [2.45, 2.75) is 77.2 Å². The van der Waals surface area contributed by atoms with Crippen molar-refractivity contribution in [3.05, 3.63) is 12.2 Å². The second kappa shape index (κ2) is 11.9. The number of ketones is 1. The van der Waals surface area contributed by atoms with Crippen LogP contribution in [0.2, 0.25) is 0 Å². The minimum atomic E-state index is -0.768. The lowest BCUT2D eigenvalue weighted by molar-refractivity contribution is -0.137. The molecule has 0 heterocycles. The fraction of sp³-hybridized carbons (Fsp3) is 0.700. The van der Waals surface area contributed by atoms with Crippen molar-refractivity contribution in [2.24, 2.45) is 11.8 Å². The zero-order valence-corrected chi connectivity index (χ0v) is 14.7. The lowest BCUT2D eigenvalue weighted by atomic mass is 9.91. The Hall–Kier alpha value is -1.60. The standard InChI is InChI=1S/C20H30O4/c1-2-3-9-17(21)14-12-16-13-15-19(22)18(16)10-7-5-4-6-8-11-20(23)24/h12,14,16-18,21H,2-4,6,8-11,13,15H2,1H3,(H,23,24). The quantitative estimate of drug-likeness (QED) is 0.363. The molecule has 1 aliphatic rings. The maximum absolute atomic E-state index is 12.0. The number of Topliss-reactive ketones (excluding diaryl/α,β-unsaturated/α-hetero) is 1. The molecule has 0 aliphatic heterocycles. The van der Waals surface area contributed by atoms with Gasteiger partial charge in [-0.1, -0.05) is 31.9 Å². The molecule has 1 aliphatic carbocycles. The van der Waals surface area contributed by atoms with Crippen LogP contribution >= 0.6 is 0 Å². The molecule has 1 saturated carbocycles. The smallest absolute Gasteiger partial charge is 0.303 e. The van der Waals surface area contributed by atoms with Crippen LogP contribution in [0.5, 0.6) is 0 Å². The third-order valence-corrected chi connectivity index (χ3v) is 4.48. The molecule has 0 bridgehead atoms. The van der Waals surface area contributed by atoms with Gasteiger partial charge in [0, 0.05) is 31.6 Å². The monoisotopic (exact) mass is 334 g/mol.